The van der Waals surface area contributed by atoms with Crippen LogP contribution in [0.3, 0.4) is 0 Å². The third-order valence-corrected chi connectivity index (χ3v) is 6.71. The molecule has 6 heteroatoms. The largest absolute Gasteiger partial charge is 0.488 e. The van der Waals surface area contributed by atoms with Crippen molar-refractivity contribution in [3.63, 3.8) is 0 Å². The highest BCUT2D eigenvalue weighted by Crippen LogP contribution is 2.31. The molecule has 0 bridgehead atoms. The van der Waals surface area contributed by atoms with Gasteiger partial charge in [0.1, 0.15) is 12.4 Å². The second-order valence-corrected chi connectivity index (χ2v) is 9.13. The lowest BCUT2D eigenvalue weighted by molar-refractivity contribution is -0.136. The summed E-state index contributed by atoms with van der Waals surface area (Å²) in [6.07, 6.45) is 1.54. The van der Waals surface area contributed by atoms with Gasteiger partial charge in [0.05, 0.1) is 6.21 Å². The van der Waals surface area contributed by atoms with Gasteiger partial charge >= 0.3 is 0 Å². The number of halogens is 1. The molecule has 0 aromatic heterocycles. The number of carbonyl (C=O) groups excluding carboxylic acids is 1. The lowest BCUT2D eigenvalue weighted by Gasteiger charge is -2.27. The van der Waals surface area contributed by atoms with E-state index in [0.29, 0.717) is 27.5 Å². The molecule has 188 valence electrons. The summed E-state index contributed by atoms with van der Waals surface area (Å²) in [6, 6.07) is 36.8. The van der Waals surface area contributed by atoms with Crippen molar-refractivity contribution >= 4 is 34.5 Å². The van der Waals surface area contributed by atoms with Crippen LogP contribution in [0, 0.1) is 0 Å². The van der Waals surface area contributed by atoms with Crippen LogP contribution in [-0.2, 0) is 17.0 Å². The first kappa shape index (κ1) is 25.2. The molecule has 0 saturated heterocycles. The zero-order chi connectivity index (χ0) is 26.4. The summed E-state index contributed by atoms with van der Waals surface area (Å²) in [7, 11) is 0. The van der Waals surface area contributed by atoms with Crippen molar-refractivity contribution in [3.05, 3.63) is 149 Å². The van der Waals surface area contributed by atoms with Crippen LogP contribution in [0.4, 0.5) is 0 Å². The van der Waals surface area contributed by atoms with Crippen molar-refractivity contribution in [2.24, 2.45) is 5.10 Å². The zero-order valence-corrected chi connectivity index (χ0v) is 21.2. The van der Waals surface area contributed by atoms with E-state index >= 15 is 0 Å². The Labute approximate surface area is 226 Å². The summed E-state index contributed by atoms with van der Waals surface area (Å²) >= 11 is 6.31. The van der Waals surface area contributed by atoms with E-state index in [1.54, 1.807) is 54.7 Å². The van der Waals surface area contributed by atoms with Gasteiger partial charge in [-0.1, -0.05) is 121 Å². The van der Waals surface area contributed by atoms with E-state index in [4.69, 9.17) is 16.3 Å². The number of nitrogens with one attached hydrogen (secondary N) is 1. The molecule has 1 amide bonds. The molecule has 5 rings (SSSR count). The molecule has 0 saturated carbocycles. The van der Waals surface area contributed by atoms with Crippen molar-refractivity contribution in [1.82, 2.24) is 5.43 Å². The van der Waals surface area contributed by atoms with E-state index < -0.39 is 11.5 Å². The number of hydrogen-bond donors (Lipinski definition) is 2. The fraction of sp³-hybridized carbons (Fsp3) is 0.0625. The SMILES string of the molecule is O=C(N/N=C\c1c(OCc2ccccc2Cl)ccc2ccccc12)C(O)(c1ccccc1)c1ccccc1. The molecule has 0 aliphatic rings. The molecule has 0 unspecified atom stereocenters. The molecule has 0 aliphatic carbocycles. The number of benzene rings is 5. The molecule has 5 aromatic carbocycles. The topological polar surface area (TPSA) is 70.9 Å². The van der Waals surface area contributed by atoms with E-state index in [-0.39, 0.29) is 6.61 Å². The number of nitrogens with zero attached hydrogens (tertiary/aromatic N) is 1. The van der Waals surface area contributed by atoms with Crippen LogP contribution in [0.15, 0.2) is 126 Å². The summed E-state index contributed by atoms with van der Waals surface area (Å²) in [4.78, 5) is 13.4. The van der Waals surface area contributed by atoms with Gasteiger partial charge in [0.25, 0.3) is 5.91 Å². The van der Waals surface area contributed by atoms with Gasteiger partial charge in [-0.2, -0.15) is 5.10 Å². The predicted molar refractivity (Wildman–Crippen MR) is 151 cm³/mol. The van der Waals surface area contributed by atoms with Gasteiger partial charge in [-0.3, -0.25) is 4.79 Å². The normalized spacial score (nSPS) is 11.5. The minimum atomic E-state index is -1.93. The van der Waals surface area contributed by atoms with Crippen LogP contribution in [0.2, 0.25) is 5.02 Å². The van der Waals surface area contributed by atoms with Crippen molar-refractivity contribution in [3.8, 4) is 5.75 Å². The summed E-state index contributed by atoms with van der Waals surface area (Å²) < 4.78 is 6.14. The number of amides is 1. The molecule has 5 aromatic rings. The molecular weight excluding hydrogens is 496 g/mol. The van der Waals surface area contributed by atoms with Gasteiger partial charge < -0.3 is 9.84 Å². The lowest BCUT2D eigenvalue weighted by atomic mass is 9.85. The number of rotatable bonds is 8. The van der Waals surface area contributed by atoms with E-state index in [9.17, 15) is 9.90 Å². The first-order chi connectivity index (χ1) is 18.6. The second kappa shape index (κ2) is 11.3. The Balaban J connectivity index is 1.46. The van der Waals surface area contributed by atoms with Crippen LogP contribution in [0.1, 0.15) is 22.3 Å². The van der Waals surface area contributed by atoms with Crippen molar-refractivity contribution in [2.75, 3.05) is 0 Å². The monoisotopic (exact) mass is 520 g/mol. The van der Waals surface area contributed by atoms with Gasteiger partial charge in [0.15, 0.2) is 5.60 Å². The molecule has 0 spiro atoms. The van der Waals surface area contributed by atoms with Gasteiger partial charge in [-0.05, 0) is 34.0 Å². The fourth-order valence-corrected chi connectivity index (χ4v) is 4.52. The predicted octanol–water partition coefficient (Wildman–Crippen LogP) is 6.46. The Morgan fingerprint density at radius 2 is 1.42 bits per heavy atom. The van der Waals surface area contributed by atoms with Crippen LogP contribution in [-0.4, -0.2) is 17.2 Å². The zero-order valence-electron chi connectivity index (χ0n) is 20.4. The van der Waals surface area contributed by atoms with E-state index in [1.165, 1.54) is 0 Å². The van der Waals surface area contributed by atoms with Crippen LogP contribution < -0.4 is 10.2 Å². The van der Waals surface area contributed by atoms with Crippen molar-refractivity contribution in [2.45, 2.75) is 12.2 Å². The molecule has 0 radical (unpaired) electrons. The maximum Gasteiger partial charge on any atom is 0.281 e. The quantitative estimate of drug-likeness (QED) is 0.182. The number of ether oxygens (including phenoxy) is 1. The molecular formula is C32H25ClN2O3. The number of hydrogen-bond acceptors (Lipinski definition) is 4. The molecule has 38 heavy (non-hydrogen) atoms. The third-order valence-electron chi connectivity index (χ3n) is 6.34. The number of carbonyl (C=O) groups is 1. The minimum Gasteiger partial charge on any atom is -0.488 e. The van der Waals surface area contributed by atoms with E-state index in [2.05, 4.69) is 10.5 Å². The Morgan fingerprint density at radius 1 is 0.816 bits per heavy atom. The molecule has 0 fully saturated rings. The number of aliphatic hydroxyl groups is 1. The molecule has 2 N–H and O–H groups in total. The molecule has 0 heterocycles. The second-order valence-electron chi connectivity index (χ2n) is 8.72. The molecule has 0 atom stereocenters. The summed E-state index contributed by atoms with van der Waals surface area (Å²) in [5.74, 6) is -0.0899. The average molecular weight is 521 g/mol. The highest BCUT2D eigenvalue weighted by molar-refractivity contribution is 6.31. The Morgan fingerprint density at radius 3 is 2.11 bits per heavy atom. The van der Waals surface area contributed by atoms with E-state index in [1.807, 2.05) is 72.8 Å². The number of fused-ring (bicyclic) bond motifs is 1. The van der Waals surface area contributed by atoms with Gasteiger partial charge in [-0.15, -0.1) is 0 Å². The Bertz CT molecular complexity index is 1550. The third kappa shape index (κ3) is 5.16. The maximum absolute atomic E-state index is 13.4. The van der Waals surface area contributed by atoms with Crippen LogP contribution in [0.5, 0.6) is 5.75 Å². The van der Waals surface area contributed by atoms with Crippen LogP contribution in [0.25, 0.3) is 10.8 Å². The van der Waals surface area contributed by atoms with E-state index in [0.717, 1.165) is 16.3 Å². The van der Waals surface area contributed by atoms with Crippen LogP contribution >= 0.6 is 11.6 Å². The van der Waals surface area contributed by atoms with Gasteiger partial charge in [-0.25, -0.2) is 5.43 Å². The maximum atomic E-state index is 13.4. The van der Waals surface area contributed by atoms with Gasteiger partial charge in [0.2, 0.25) is 0 Å². The first-order valence-electron chi connectivity index (χ1n) is 12.1. The highest BCUT2D eigenvalue weighted by Gasteiger charge is 2.39. The first-order valence-corrected chi connectivity index (χ1v) is 12.5. The van der Waals surface area contributed by atoms with Gasteiger partial charge in [0, 0.05) is 16.1 Å². The van der Waals surface area contributed by atoms with Crippen molar-refractivity contribution in [1.29, 1.82) is 0 Å². The fourth-order valence-electron chi connectivity index (χ4n) is 4.33. The Hall–Kier alpha value is -4.45. The summed E-state index contributed by atoms with van der Waals surface area (Å²) in [5, 5.41) is 18.4. The van der Waals surface area contributed by atoms with Crippen molar-refractivity contribution < 1.29 is 14.6 Å². The molecule has 0 aliphatic heterocycles. The Kier molecular flexibility index (Phi) is 7.50. The standard InChI is InChI=1S/C32H25ClN2O3/c33-29-18-10-8-12-24(29)22-38-30-20-19-23-11-7-9-17-27(23)28(30)21-34-35-31(36)32(37,25-13-3-1-4-14-25)26-15-5-2-6-16-26/h1-21,37H,22H2,(H,35,36)/b34-21-. The summed E-state index contributed by atoms with van der Waals surface area (Å²) in [5.41, 5.74) is 3.04. The molecule has 5 nitrogen and oxygen atoms in total. The minimum absolute atomic E-state index is 0.271. The average Bonchev–Trinajstić information content (AvgIpc) is 2.97. The lowest BCUT2D eigenvalue weighted by Crippen LogP contribution is -2.43. The smallest absolute Gasteiger partial charge is 0.281 e. The highest BCUT2D eigenvalue weighted by atomic mass is 35.5. The summed E-state index contributed by atoms with van der Waals surface area (Å²) in [6.45, 7) is 0.271. The number of hydrazone groups is 1.